The summed E-state index contributed by atoms with van der Waals surface area (Å²) in [4.78, 5) is 19.9. The third-order valence-corrected chi connectivity index (χ3v) is 4.25. The second-order valence-electron chi connectivity index (χ2n) is 7.16. The fourth-order valence-corrected chi connectivity index (χ4v) is 2.63. The molecular weight excluding hydrogens is 356 g/mol. The molecule has 0 saturated heterocycles. The molecule has 0 aromatic heterocycles. The maximum absolute atomic E-state index is 10.3. The first kappa shape index (κ1) is 28.8. The van der Waals surface area contributed by atoms with Gasteiger partial charge in [-0.1, -0.05) is 83.8 Å². The van der Waals surface area contributed by atoms with Crippen LogP contribution in [0.3, 0.4) is 0 Å². The van der Waals surface area contributed by atoms with Crippen LogP contribution in [0.25, 0.3) is 0 Å². The van der Waals surface area contributed by atoms with E-state index in [1.807, 2.05) is 6.92 Å². The van der Waals surface area contributed by atoms with Crippen LogP contribution in [-0.2, 0) is 14.3 Å². The van der Waals surface area contributed by atoms with Crippen molar-refractivity contribution in [3.63, 3.8) is 0 Å². The van der Waals surface area contributed by atoms with E-state index >= 15 is 0 Å². The lowest BCUT2D eigenvalue weighted by molar-refractivity contribution is -0.138. The normalized spacial score (nSPS) is 10.6. The van der Waals surface area contributed by atoms with Gasteiger partial charge in [0.1, 0.15) is 0 Å². The molecule has 0 atom stereocenters. The van der Waals surface area contributed by atoms with Gasteiger partial charge in [0.05, 0.1) is 6.61 Å². The average Bonchev–Trinajstić information content (AvgIpc) is 2.64. The highest BCUT2D eigenvalue weighted by molar-refractivity contribution is 5.66. The Morgan fingerprint density at radius 3 is 1.68 bits per heavy atom. The number of ether oxygens (including phenoxy) is 1. The monoisotopic (exact) mass is 400 g/mol. The fourth-order valence-electron chi connectivity index (χ4n) is 2.63. The van der Waals surface area contributed by atoms with Crippen LogP contribution in [0.15, 0.2) is 12.2 Å². The van der Waals surface area contributed by atoms with Gasteiger partial charge in [-0.15, -0.1) is 0 Å². The van der Waals surface area contributed by atoms with Gasteiger partial charge in [0.15, 0.2) is 0 Å². The largest absolute Gasteiger partial charge is 0.481 e. The summed E-state index contributed by atoms with van der Waals surface area (Å²) in [5.74, 6) is -1.46. The molecule has 0 heterocycles. The molecule has 0 fully saturated rings. The molecule has 0 spiro atoms. The number of rotatable bonds is 19. The van der Waals surface area contributed by atoms with Crippen LogP contribution < -0.4 is 0 Å². The molecule has 28 heavy (non-hydrogen) atoms. The zero-order valence-electron chi connectivity index (χ0n) is 18.3. The van der Waals surface area contributed by atoms with Crippen LogP contribution in [0.5, 0.6) is 0 Å². The van der Waals surface area contributed by atoms with Gasteiger partial charge in [0.25, 0.3) is 0 Å². The van der Waals surface area contributed by atoms with Gasteiger partial charge in [-0.25, -0.2) is 0 Å². The Morgan fingerprint density at radius 1 is 0.679 bits per heavy atom. The fraction of sp³-hybridized carbons (Fsp3) is 0.826. The first-order chi connectivity index (χ1) is 13.5. The summed E-state index contributed by atoms with van der Waals surface area (Å²) in [7, 11) is 0. The van der Waals surface area contributed by atoms with Crippen molar-refractivity contribution in [1.82, 2.24) is 0 Å². The quantitative estimate of drug-likeness (QED) is 0.188. The second kappa shape index (κ2) is 25.6. The Hall–Kier alpha value is -1.36. The van der Waals surface area contributed by atoms with E-state index in [2.05, 4.69) is 19.1 Å². The number of carboxylic acid groups (broad SMARTS) is 2. The van der Waals surface area contributed by atoms with Crippen molar-refractivity contribution in [2.24, 2.45) is 0 Å². The Labute approximate surface area is 172 Å². The molecule has 0 aliphatic carbocycles. The van der Waals surface area contributed by atoms with Crippen molar-refractivity contribution in [3.8, 4) is 0 Å². The molecule has 0 unspecified atom stereocenters. The minimum Gasteiger partial charge on any atom is -0.481 e. The molecule has 0 aromatic carbocycles. The minimum atomic E-state index is -0.750. The number of allylic oxidation sites excluding steroid dienone is 1. The topological polar surface area (TPSA) is 83.8 Å². The lowest BCUT2D eigenvalue weighted by atomic mass is 10.1. The number of hydrogen-bond donors (Lipinski definition) is 2. The maximum atomic E-state index is 10.3. The van der Waals surface area contributed by atoms with Crippen molar-refractivity contribution in [1.29, 1.82) is 0 Å². The summed E-state index contributed by atoms with van der Waals surface area (Å²) in [6, 6.07) is 0. The molecule has 0 aromatic rings. The van der Waals surface area contributed by atoms with Crippen LogP contribution in [0.1, 0.15) is 110 Å². The summed E-state index contributed by atoms with van der Waals surface area (Å²) in [5, 5.41) is 16.4. The van der Waals surface area contributed by atoms with Crippen molar-refractivity contribution in [3.05, 3.63) is 12.2 Å². The summed E-state index contributed by atoms with van der Waals surface area (Å²) in [5.41, 5.74) is 0. The van der Waals surface area contributed by atoms with Crippen LogP contribution in [-0.4, -0.2) is 35.4 Å². The van der Waals surface area contributed by atoms with Crippen molar-refractivity contribution in [2.45, 2.75) is 110 Å². The summed E-state index contributed by atoms with van der Waals surface area (Å²) < 4.78 is 5.33. The van der Waals surface area contributed by atoms with Gasteiger partial charge in [-0.2, -0.15) is 0 Å². The number of carbonyl (C=O) groups is 2. The second-order valence-corrected chi connectivity index (χ2v) is 7.16. The van der Waals surface area contributed by atoms with E-state index in [4.69, 9.17) is 14.9 Å². The lowest BCUT2D eigenvalue weighted by Gasteiger charge is -2.01. The highest BCUT2D eigenvalue weighted by Crippen LogP contribution is 2.11. The van der Waals surface area contributed by atoms with Crippen LogP contribution in [0.2, 0.25) is 0 Å². The van der Waals surface area contributed by atoms with Crippen LogP contribution in [0.4, 0.5) is 0 Å². The Kier molecular flexibility index (Phi) is 26.4. The molecule has 5 heteroatoms. The lowest BCUT2D eigenvalue weighted by Crippen LogP contribution is -1.99. The van der Waals surface area contributed by atoms with E-state index < -0.39 is 11.9 Å². The van der Waals surface area contributed by atoms with Crippen molar-refractivity contribution < 1.29 is 24.5 Å². The van der Waals surface area contributed by atoms with Crippen molar-refractivity contribution >= 4 is 11.9 Å². The molecule has 2 N–H and O–H groups in total. The van der Waals surface area contributed by atoms with Gasteiger partial charge in [0, 0.05) is 19.4 Å². The zero-order chi connectivity index (χ0) is 21.3. The van der Waals surface area contributed by atoms with E-state index in [9.17, 15) is 9.59 Å². The van der Waals surface area contributed by atoms with Gasteiger partial charge in [-0.3, -0.25) is 9.59 Å². The Morgan fingerprint density at radius 2 is 1.21 bits per heavy atom. The van der Waals surface area contributed by atoms with E-state index in [0.717, 1.165) is 12.8 Å². The van der Waals surface area contributed by atoms with Crippen LogP contribution in [0, 0.1) is 0 Å². The molecule has 166 valence electrons. The van der Waals surface area contributed by atoms with Crippen molar-refractivity contribution in [2.75, 3.05) is 13.2 Å². The van der Waals surface area contributed by atoms with Gasteiger partial charge in [0.2, 0.25) is 0 Å². The summed E-state index contributed by atoms with van der Waals surface area (Å²) in [6.45, 7) is 5.25. The van der Waals surface area contributed by atoms with E-state index in [0.29, 0.717) is 26.1 Å². The van der Waals surface area contributed by atoms with Gasteiger partial charge >= 0.3 is 11.9 Å². The van der Waals surface area contributed by atoms with Crippen LogP contribution >= 0.6 is 0 Å². The third-order valence-electron chi connectivity index (χ3n) is 4.25. The predicted molar refractivity (Wildman–Crippen MR) is 116 cm³/mol. The molecule has 5 nitrogen and oxygen atoms in total. The first-order valence-corrected chi connectivity index (χ1v) is 11.2. The number of unbranched alkanes of at least 4 members (excludes halogenated alkanes) is 10. The molecule has 0 radical (unpaired) electrons. The Bertz CT molecular complexity index is 366. The smallest absolute Gasteiger partial charge is 0.303 e. The average molecular weight is 401 g/mol. The van der Waals surface area contributed by atoms with E-state index in [1.54, 1.807) is 0 Å². The number of carboxylic acids is 2. The zero-order valence-corrected chi connectivity index (χ0v) is 18.3. The van der Waals surface area contributed by atoms with Gasteiger partial charge < -0.3 is 14.9 Å². The molecule has 0 aliphatic rings. The van der Waals surface area contributed by atoms with Gasteiger partial charge in [-0.05, 0) is 25.7 Å². The highest BCUT2D eigenvalue weighted by Gasteiger charge is 1.95. The molecule has 0 amide bonds. The minimum absolute atomic E-state index is 0.197. The predicted octanol–water partition coefficient (Wildman–Crippen LogP) is 6.61. The molecule has 0 rings (SSSR count). The van der Waals surface area contributed by atoms with E-state index in [-0.39, 0.29) is 6.42 Å². The maximum Gasteiger partial charge on any atom is 0.303 e. The third kappa shape index (κ3) is 32.3. The number of hydrogen-bond acceptors (Lipinski definition) is 3. The summed E-state index contributed by atoms with van der Waals surface area (Å²) >= 11 is 0. The molecule has 0 saturated carbocycles. The Balaban J connectivity index is 0. The molecule has 0 bridgehead atoms. The highest BCUT2D eigenvalue weighted by atomic mass is 16.5. The summed E-state index contributed by atoms with van der Waals surface area (Å²) in [6.07, 6.45) is 20.9. The first-order valence-electron chi connectivity index (χ1n) is 11.2. The van der Waals surface area contributed by atoms with E-state index in [1.165, 1.54) is 64.2 Å². The number of aliphatic carboxylic acids is 2. The SMILES string of the molecule is CCCC(=O)O.CCCCCCCCCCCCC=CCOCCCC(=O)O. The standard InChI is InChI=1S/C19H36O3.C4H8O2/c1-2-3-4-5-6-7-8-9-10-11-12-13-14-17-22-18-15-16-19(20)21;1-2-3-4(5)6/h13-14H,2-12,15-18H2,1H3,(H,20,21);2-3H2,1H3,(H,5,6). The molecular formula is C23H44O5. The molecule has 0 aliphatic heterocycles.